The first-order valence-corrected chi connectivity index (χ1v) is 8.89. The Bertz CT molecular complexity index is 814. The second kappa shape index (κ2) is 10.1. The molecule has 6 nitrogen and oxygen atoms in total. The fraction of sp³-hybridized carbons (Fsp3) is 0.333. The molecule has 0 spiro atoms. The van der Waals surface area contributed by atoms with Crippen molar-refractivity contribution in [3.63, 3.8) is 0 Å². The van der Waals surface area contributed by atoms with Crippen LogP contribution in [0.15, 0.2) is 42.5 Å². The zero-order valence-electron chi connectivity index (χ0n) is 15.8. The van der Waals surface area contributed by atoms with Crippen LogP contribution in [0.25, 0.3) is 0 Å². The summed E-state index contributed by atoms with van der Waals surface area (Å²) >= 11 is 0. The van der Waals surface area contributed by atoms with E-state index in [1.54, 1.807) is 24.3 Å². The summed E-state index contributed by atoms with van der Waals surface area (Å²) in [4.78, 5) is 12.2. The van der Waals surface area contributed by atoms with Gasteiger partial charge >= 0.3 is 0 Å². The summed E-state index contributed by atoms with van der Waals surface area (Å²) in [6.07, 6.45) is 0. The third-order valence-corrected chi connectivity index (χ3v) is 3.81. The molecule has 0 unspecified atom stereocenters. The Balaban J connectivity index is 1.99. The van der Waals surface area contributed by atoms with Crippen molar-refractivity contribution in [1.82, 2.24) is 5.32 Å². The lowest BCUT2D eigenvalue weighted by Crippen LogP contribution is -2.31. The molecule has 0 aliphatic heterocycles. The topological polar surface area (TPSA) is 80.6 Å². The monoisotopic (exact) mass is 368 g/mol. The molecular formula is C21H24N2O4. The number of carbonyl (C=O) groups is 1. The second-order valence-corrected chi connectivity index (χ2v) is 5.76. The Kier molecular flexibility index (Phi) is 7.50. The van der Waals surface area contributed by atoms with Crippen LogP contribution in [0, 0.1) is 11.3 Å². The smallest absolute Gasteiger partial charge is 0.258 e. The number of amides is 1. The van der Waals surface area contributed by atoms with E-state index >= 15 is 0 Å². The van der Waals surface area contributed by atoms with Crippen LogP contribution < -0.4 is 19.5 Å². The Morgan fingerprint density at radius 2 is 1.74 bits per heavy atom. The van der Waals surface area contributed by atoms with Gasteiger partial charge in [-0.1, -0.05) is 18.2 Å². The number of nitriles is 1. The number of rotatable bonds is 9. The molecule has 2 aromatic rings. The molecule has 1 amide bonds. The predicted octanol–water partition coefficient (Wildman–Crippen LogP) is 3.61. The maximum absolute atomic E-state index is 12.2. The van der Waals surface area contributed by atoms with E-state index in [2.05, 4.69) is 5.32 Å². The number of ether oxygens (including phenoxy) is 3. The maximum atomic E-state index is 12.2. The third kappa shape index (κ3) is 5.65. The molecule has 1 N–H and O–H groups in total. The van der Waals surface area contributed by atoms with Gasteiger partial charge in [0.2, 0.25) is 0 Å². The van der Waals surface area contributed by atoms with Crippen LogP contribution in [0.4, 0.5) is 0 Å². The van der Waals surface area contributed by atoms with E-state index in [9.17, 15) is 4.79 Å². The zero-order valence-corrected chi connectivity index (χ0v) is 15.8. The number of nitrogens with one attached hydrogen (secondary N) is 1. The average molecular weight is 368 g/mol. The number of hydrogen-bond donors (Lipinski definition) is 1. The number of carbonyl (C=O) groups excluding carboxylic acids is 1. The van der Waals surface area contributed by atoms with Gasteiger partial charge in [-0.05, 0) is 50.6 Å². The first kappa shape index (κ1) is 20.1. The van der Waals surface area contributed by atoms with Gasteiger partial charge in [0.05, 0.1) is 24.8 Å². The molecule has 0 fully saturated rings. The first-order valence-electron chi connectivity index (χ1n) is 8.89. The predicted molar refractivity (Wildman–Crippen MR) is 102 cm³/mol. The van der Waals surface area contributed by atoms with E-state index in [1.807, 2.05) is 45.0 Å². The van der Waals surface area contributed by atoms with Crippen LogP contribution in [0.2, 0.25) is 0 Å². The molecule has 0 aliphatic rings. The van der Waals surface area contributed by atoms with Gasteiger partial charge in [-0.2, -0.15) is 5.26 Å². The maximum Gasteiger partial charge on any atom is 0.258 e. The van der Waals surface area contributed by atoms with E-state index < -0.39 is 0 Å². The summed E-state index contributed by atoms with van der Waals surface area (Å²) in [7, 11) is 0. The van der Waals surface area contributed by atoms with Gasteiger partial charge in [0.25, 0.3) is 5.91 Å². The summed E-state index contributed by atoms with van der Waals surface area (Å²) in [6, 6.07) is 14.2. The van der Waals surface area contributed by atoms with Crippen LogP contribution in [0.5, 0.6) is 17.2 Å². The van der Waals surface area contributed by atoms with E-state index in [-0.39, 0.29) is 18.6 Å². The highest BCUT2D eigenvalue weighted by Crippen LogP contribution is 2.30. The summed E-state index contributed by atoms with van der Waals surface area (Å²) in [5.74, 6) is 1.44. The zero-order chi connectivity index (χ0) is 19.6. The molecule has 27 heavy (non-hydrogen) atoms. The van der Waals surface area contributed by atoms with Gasteiger partial charge in [0.15, 0.2) is 18.1 Å². The Morgan fingerprint density at radius 3 is 2.44 bits per heavy atom. The second-order valence-electron chi connectivity index (χ2n) is 5.76. The lowest BCUT2D eigenvalue weighted by molar-refractivity contribution is -0.123. The minimum absolute atomic E-state index is 0.168. The van der Waals surface area contributed by atoms with Crippen LogP contribution in [0.3, 0.4) is 0 Å². The summed E-state index contributed by atoms with van der Waals surface area (Å²) in [6.45, 7) is 6.61. The molecule has 0 aromatic heterocycles. The molecule has 0 aliphatic carbocycles. The van der Waals surface area contributed by atoms with Crippen molar-refractivity contribution in [2.75, 3.05) is 19.8 Å². The van der Waals surface area contributed by atoms with Gasteiger partial charge < -0.3 is 19.5 Å². The fourth-order valence-corrected chi connectivity index (χ4v) is 2.53. The third-order valence-electron chi connectivity index (χ3n) is 3.81. The highest BCUT2D eigenvalue weighted by molar-refractivity contribution is 5.78. The van der Waals surface area contributed by atoms with Crippen molar-refractivity contribution < 1.29 is 19.0 Å². The van der Waals surface area contributed by atoms with E-state index in [0.717, 1.165) is 5.56 Å². The van der Waals surface area contributed by atoms with Crippen molar-refractivity contribution in [2.45, 2.75) is 26.8 Å². The van der Waals surface area contributed by atoms with Gasteiger partial charge in [0, 0.05) is 0 Å². The van der Waals surface area contributed by atoms with E-state index in [4.69, 9.17) is 19.5 Å². The Labute approximate surface area is 159 Å². The van der Waals surface area contributed by atoms with Crippen molar-refractivity contribution in [3.8, 4) is 23.3 Å². The first-order chi connectivity index (χ1) is 13.1. The number of para-hydroxylation sites is 1. The van der Waals surface area contributed by atoms with Crippen LogP contribution in [0.1, 0.15) is 37.9 Å². The van der Waals surface area contributed by atoms with Gasteiger partial charge in [-0.15, -0.1) is 0 Å². The van der Waals surface area contributed by atoms with Crippen molar-refractivity contribution in [2.24, 2.45) is 0 Å². The van der Waals surface area contributed by atoms with E-state index in [1.165, 1.54) is 0 Å². The molecule has 142 valence electrons. The van der Waals surface area contributed by atoms with Gasteiger partial charge in [-0.25, -0.2) is 0 Å². The Hall–Kier alpha value is -3.20. The number of hydrogen-bond acceptors (Lipinski definition) is 5. The number of benzene rings is 2. The summed E-state index contributed by atoms with van der Waals surface area (Å²) in [5, 5.41) is 11.9. The Morgan fingerprint density at radius 1 is 1.04 bits per heavy atom. The molecule has 0 saturated heterocycles. The lowest BCUT2D eigenvalue weighted by atomic mass is 10.1. The van der Waals surface area contributed by atoms with Crippen LogP contribution in [-0.4, -0.2) is 25.7 Å². The molecule has 2 aromatic carbocycles. The normalized spacial score (nSPS) is 11.2. The van der Waals surface area contributed by atoms with Crippen LogP contribution in [-0.2, 0) is 4.79 Å². The number of nitrogens with zero attached hydrogens (tertiary/aromatic N) is 1. The summed E-state index contributed by atoms with van der Waals surface area (Å²) in [5.41, 5.74) is 1.29. The van der Waals surface area contributed by atoms with Crippen molar-refractivity contribution in [1.29, 1.82) is 5.26 Å². The van der Waals surface area contributed by atoms with Gasteiger partial charge in [-0.3, -0.25) is 4.79 Å². The largest absolute Gasteiger partial charge is 0.490 e. The molecule has 6 heteroatoms. The van der Waals surface area contributed by atoms with Gasteiger partial charge in [0.1, 0.15) is 11.8 Å². The summed E-state index contributed by atoms with van der Waals surface area (Å²) < 4.78 is 16.6. The minimum Gasteiger partial charge on any atom is -0.490 e. The molecule has 0 bridgehead atoms. The SMILES string of the molecule is CCOc1ccc([C@@H](C)NC(=O)COc2ccccc2C#N)cc1OCC. The molecular weight excluding hydrogens is 344 g/mol. The highest BCUT2D eigenvalue weighted by atomic mass is 16.5. The van der Waals surface area contributed by atoms with E-state index in [0.29, 0.717) is 36.0 Å². The lowest BCUT2D eigenvalue weighted by Gasteiger charge is -2.18. The molecule has 0 radical (unpaired) electrons. The molecule has 2 rings (SSSR count). The standard InChI is InChI=1S/C21H24N2O4/c1-4-25-19-11-10-16(12-20(19)26-5-2)15(3)23-21(24)14-27-18-9-7-6-8-17(18)13-22/h6-12,15H,4-5,14H2,1-3H3,(H,23,24)/t15-/m1/s1. The van der Waals surface area contributed by atoms with Crippen molar-refractivity contribution in [3.05, 3.63) is 53.6 Å². The minimum atomic E-state index is -0.276. The molecule has 1 atom stereocenters. The molecule has 0 saturated carbocycles. The fourth-order valence-electron chi connectivity index (χ4n) is 2.53. The highest BCUT2D eigenvalue weighted by Gasteiger charge is 2.14. The van der Waals surface area contributed by atoms with Crippen LogP contribution >= 0.6 is 0 Å². The van der Waals surface area contributed by atoms with Crippen molar-refractivity contribution >= 4 is 5.91 Å². The quantitative estimate of drug-likeness (QED) is 0.731. The molecule has 0 heterocycles. The average Bonchev–Trinajstić information content (AvgIpc) is 2.68.